The Labute approximate surface area is 138 Å². The van der Waals surface area contributed by atoms with Gasteiger partial charge in [0, 0.05) is 17.8 Å². The zero-order valence-corrected chi connectivity index (χ0v) is 13.2. The summed E-state index contributed by atoms with van der Waals surface area (Å²) in [5, 5.41) is 6.01. The van der Waals surface area contributed by atoms with Crippen molar-refractivity contribution in [3.05, 3.63) is 54.4 Å². The molecule has 118 valence electrons. The number of aryl methyl sites for hydroxylation is 1. The van der Waals surface area contributed by atoms with Crippen molar-refractivity contribution in [3.8, 4) is 28.9 Å². The summed E-state index contributed by atoms with van der Waals surface area (Å²) in [7, 11) is 1.64. The molecule has 0 aliphatic carbocycles. The molecule has 0 aliphatic heterocycles. The third kappa shape index (κ3) is 2.58. The zero-order chi connectivity index (χ0) is 16.5. The Kier molecular flexibility index (Phi) is 3.42. The fourth-order valence-corrected chi connectivity index (χ4v) is 2.45. The molecule has 1 aromatic carbocycles. The van der Waals surface area contributed by atoms with Gasteiger partial charge in [-0.05, 0) is 54.3 Å². The molecule has 0 atom stereocenters. The number of nitrogens with zero attached hydrogens (tertiary/aromatic N) is 4. The number of ether oxygens (including phenoxy) is 1. The number of aromatic nitrogens is 4. The van der Waals surface area contributed by atoms with E-state index in [1.54, 1.807) is 19.5 Å². The Morgan fingerprint density at radius 1 is 0.958 bits per heavy atom. The van der Waals surface area contributed by atoms with Crippen LogP contribution in [0.1, 0.15) is 5.56 Å². The van der Waals surface area contributed by atoms with Gasteiger partial charge in [-0.3, -0.25) is 9.97 Å². The first-order valence-corrected chi connectivity index (χ1v) is 7.44. The lowest BCUT2D eigenvalue weighted by molar-refractivity contribution is 0.415. The van der Waals surface area contributed by atoms with Gasteiger partial charge in [0.05, 0.1) is 7.11 Å². The van der Waals surface area contributed by atoms with Gasteiger partial charge in [-0.15, -0.1) is 0 Å². The molecule has 0 spiro atoms. The van der Waals surface area contributed by atoms with Crippen LogP contribution in [0.3, 0.4) is 0 Å². The molecular formula is C18H14N4O2. The minimum absolute atomic E-state index is 0.359. The molecule has 0 unspecified atom stereocenters. The van der Waals surface area contributed by atoms with Crippen molar-refractivity contribution in [2.24, 2.45) is 0 Å². The van der Waals surface area contributed by atoms with Crippen molar-refractivity contribution < 1.29 is 9.26 Å². The average molecular weight is 318 g/mol. The third-order valence-electron chi connectivity index (χ3n) is 3.72. The molecule has 4 rings (SSSR count). The summed E-state index contributed by atoms with van der Waals surface area (Å²) in [6.07, 6.45) is 3.50. The van der Waals surface area contributed by atoms with E-state index in [1.165, 1.54) is 0 Å². The molecule has 0 fully saturated rings. The van der Waals surface area contributed by atoms with E-state index in [0.717, 1.165) is 22.1 Å². The van der Waals surface area contributed by atoms with Gasteiger partial charge in [-0.25, -0.2) is 0 Å². The van der Waals surface area contributed by atoms with Crippen LogP contribution in [0.4, 0.5) is 0 Å². The molecule has 6 nitrogen and oxygen atoms in total. The maximum atomic E-state index is 5.36. The Hall–Kier alpha value is -3.28. The standard InChI is InChI=1S/C18H14N4O2/c1-11-5-6-19-15(7-11)17-21-18(24-22-17)16-9-13-8-14(23-2)4-3-12(13)10-20-16/h3-10H,1-2H3. The molecule has 3 aromatic heterocycles. The highest BCUT2D eigenvalue weighted by molar-refractivity contribution is 5.85. The zero-order valence-electron chi connectivity index (χ0n) is 13.2. The summed E-state index contributed by atoms with van der Waals surface area (Å²) in [6, 6.07) is 11.5. The van der Waals surface area contributed by atoms with E-state index in [4.69, 9.17) is 9.26 Å². The van der Waals surface area contributed by atoms with Crippen molar-refractivity contribution in [1.82, 2.24) is 20.1 Å². The number of benzene rings is 1. The minimum Gasteiger partial charge on any atom is -0.497 e. The molecule has 0 bridgehead atoms. The number of fused-ring (bicyclic) bond motifs is 1. The van der Waals surface area contributed by atoms with E-state index in [0.29, 0.717) is 23.1 Å². The lowest BCUT2D eigenvalue weighted by Gasteiger charge is -2.02. The van der Waals surface area contributed by atoms with Gasteiger partial charge in [0.2, 0.25) is 5.82 Å². The van der Waals surface area contributed by atoms with Crippen LogP contribution in [0.15, 0.2) is 53.3 Å². The predicted octanol–water partition coefficient (Wildman–Crippen LogP) is 3.66. The highest BCUT2D eigenvalue weighted by Crippen LogP contribution is 2.25. The lowest BCUT2D eigenvalue weighted by Crippen LogP contribution is -1.88. The van der Waals surface area contributed by atoms with Crippen molar-refractivity contribution >= 4 is 10.8 Å². The lowest BCUT2D eigenvalue weighted by atomic mass is 10.1. The largest absolute Gasteiger partial charge is 0.497 e. The van der Waals surface area contributed by atoms with Crippen LogP contribution in [-0.2, 0) is 0 Å². The normalized spacial score (nSPS) is 10.9. The molecule has 0 N–H and O–H groups in total. The Bertz CT molecular complexity index is 1030. The fourth-order valence-electron chi connectivity index (χ4n) is 2.45. The quantitative estimate of drug-likeness (QED) is 0.574. The van der Waals surface area contributed by atoms with Gasteiger partial charge >= 0.3 is 0 Å². The molecule has 0 aliphatic rings. The van der Waals surface area contributed by atoms with Gasteiger partial charge < -0.3 is 9.26 Å². The first kappa shape index (κ1) is 14.3. The summed E-state index contributed by atoms with van der Waals surface area (Å²) in [5.74, 6) is 1.59. The van der Waals surface area contributed by atoms with Crippen LogP contribution >= 0.6 is 0 Å². The number of methoxy groups -OCH3 is 1. The van der Waals surface area contributed by atoms with Gasteiger partial charge in [0.1, 0.15) is 17.1 Å². The molecule has 0 radical (unpaired) electrons. The monoisotopic (exact) mass is 318 g/mol. The molecule has 6 heteroatoms. The SMILES string of the molecule is COc1ccc2cnc(-c3nc(-c4cc(C)ccn4)no3)cc2c1. The smallest absolute Gasteiger partial charge is 0.276 e. The van der Waals surface area contributed by atoms with Gasteiger partial charge in [-0.1, -0.05) is 5.16 Å². The molecule has 0 saturated carbocycles. The van der Waals surface area contributed by atoms with Gasteiger partial charge in [0.15, 0.2) is 0 Å². The maximum Gasteiger partial charge on any atom is 0.276 e. The second kappa shape index (κ2) is 5.73. The van der Waals surface area contributed by atoms with E-state index in [1.807, 2.05) is 43.3 Å². The average Bonchev–Trinajstić information content (AvgIpc) is 3.11. The highest BCUT2D eigenvalue weighted by Gasteiger charge is 2.13. The van der Waals surface area contributed by atoms with E-state index < -0.39 is 0 Å². The first-order chi connectivity index (χ1) is 11.7. The molecule has 4 aromatic rings. The molecular weight excluding hydrogens is 304 g/mol. The van der Waals surface area contributed by atoms with E-state index in [-0.39, 0.29) is 0 Å². The fraction of sp³-hybridized carbons (Fsp3) is 0.111. The summed E-state index contributed by atoms with van der Waals surface area (Å²) >= 11 is 0. The molecule has 24 heavy (non-hydrogen) atoms. The molecule has 0 amide bonds. The van der Waals surface area contributed by atoms with Crippen LogP contribution in [0.5, 0.6) is 5.75 Å². The number of hydrogen-bond acceptors (Lipinski definition) is 6. The van der Waals surface area contributed by atoms with E-state index in [2.05, 4.69) is 20.1 Å². The Morgan fingerprint density at radius 2 is 1.88 bits per heavy atom. The maximum absolute atomic E-state index is 5.36. The summed E-state index contributed by atoms with van der Waals surface area (Å²) in [6.45, 7) is 1.99. The third-order valence-corrected chi connectivity index (χ3v) is 3.72. The topological polar surface area (TPSA) is 73.9 Å². The van der Waals surface area contributed by atoms with Crippen LogP contribution < -0.4 is 4.74 Å². The first-order valence-electron chi connectivity index (χ1n) is 7.44. The Balaban J connectivity index is 1.75. The predicted molar refractivity (Wildman–Crippen MR) is 89.6 cm³/mol. The van der Waals surface area contributed by atoms with Crippen molar-refractivity contribution in [3.63, 3.8) is 0 Å². The summed E-state index contributed by atoms with van der Waals surface area (Å²) in [4.78, 5) is 13.1. The van der Waals surface area contributed by atoms with Gasteiger partial charge in [-0.2, -0.15) is 4.98 Å². The second-order valence-electron chi connectivity index (χ2n) is 5.42. The number of hydrogen-bond donors (Lipinski definition) is 0. The van der Waals surface area contributed by atoms with E-state index >= 15 is 0 Å². The van der Waals surface area contributed by atoms with E-state index in [9.17, 15) is 0 Å². The Morgan fingerprint density at radius 3 is 2.71 bits per heavy atom. The second-order valence-corrected chi connectivity index (χ2v) is 5.42. The van der Waals surface area contributed by atoms with Crippen molar-refractivity contribution in [2.45, 2.75) is 6.92 Å². The van der Waals surface area contributed by atoms with Crippen molar-refractivity contribution in [1.29, 1.82) is 0 Å². The summed E-state index contributed by atoms with van der Waals surface area (Å²) in [5.41, 5.74) is 2.37. The van der Waals surface area contributed by atoms with Crippen LogP contribution in [0.25, 0.3) is 33.9 Å². The van der Waals surface area contributed by atoms with Crippen LogP contribution in [0.2, 0.25) is 0 Å². The van der Waals surface area contributed by atoms with Gasteiger partial charge in [0.25, 0.3) is 5.89 Å². The number of rotatable bonds is 3. The highest BCUT2D eigenvalue weighted by atomic mass is 16.5. The molecule has 0 saturated heterocycles. The van der Waals surface area contributed by atoms with Crippen LogP contribution in [0, 0.1) is 6.92 Å². The van der Waals surface area contributed by atoms with Crippen molar-refractivity contribution in [2.75, 3.05) is 7.11 Å². The van der Waals surface area contributed by atoms with Crippen LogP contribution in [-0.4, -0.2) is 27.2 Å². The molecule has 3 heterocycles. The minimum atomic E-state index is 0.359. The summed E-state index contributed by atoms with van der Waals surface area (Å²) < 4.78 is 10.6. The number of pyridine rings is 2.